The molecule has 2 aliphatic rings. The van der Waals surface area contributed by atoms with Gasteiger partial charge in [-0.3, -0.25) is 14.2 Å². The van der Waals surface area contributed by atoms with Crippen molar-refractivity contribution in [2.24, 2.45) is 5.92 Å². The first-order valence-electron chi connectivity index (χ1n) is 7.15. The van der Waals surface area contributed by atoms with Crippen LogP contribution < -0.4 is 5.56 Å². The van der Waals surface area contributed by atoms with Crippen molar-refractivity contribution in [2.45, 2.75) is 37.9 Å². The number of fused-ring (bicyclic) bond motifs is 1. The Morgan fingerprint density at radius 3 is 2.85 bits per heavy atom. The smallest absolute Gasteiger partial charge is 0.257 e. The highest BCUT2D eigenvalue weighted by molar-refractivity contribution is 7.99. The molecule has 0 bridgehead atoms. The third kappa shape index (κ3) is 2.49. The van der Waals surface area contributed by atoms with E-state index < -0.39 is 0 Å². The lowest BCUT2D eigenvalue weighted by atomic mass is 10.1. The SMILES string of the molecule is Cc1cnc2n(c1=O)C[C@@H](C(=O)N1CCCCC1)CS2. The van der Waals surface area contributed by atoms with Crippen LogP contribution in [0.1, 0.15) is 24.8 Å². The normalized spacial score (nSPS) is 22.4. The fraction of sp³-hybridized carbons (Fsp3) is 0.643. The van der Waals surface area contributed by atoms with E-state index in [9.17, 15) is 9.59 Å². The number of hydrogen-bond acceptors (Lipinski definition) is 4. The van der Waals surface area contributed by atoms with Crippen LogP contribution in [0.15, 0.2) is 16.1 Å². The average molecular weight is 293 g/mol. The van der Waals surface area contributed by atoms with Crippen molar-refractivity contribution in [3.8, 4) is 0 Å². The van der Waals surface area contributed by atoms with Gasteiger partial charge in [0.25, 0.3) is 5.56 Å². The van der Waals surface area contributed by atoms with E-state index >= 15 is 0 Å². The monoisotopic (exact) mass is 293 g/mol. The standard InChI is InChI=1S/C14H19N3O2S/c1-10-7-15-14-17(12(10)18)8-11(9-20-14)13(19)16-5-3-2-4-6-16/h7,11H,2-6,8-9H2,1H3/t11-/m1/s1. The zero-order valence-corrected chi connectivity index (χ0v) is 12.5. The molecule has 1 amide bonds. The van der Waals surface area contributed by atoms with Gasteiger partial charge < -0.3 is 4.90 Å². The Labute approximate surface area is 122 Å². The van der Waals surface area contributed by atoms with Gasteiger partial charge in [0.05, 0.1) is 5.92 Å². The third-order valence-corrected chi connectivity index (χ3v) is 5.17. The van der Waals surface area contributed by atoms with Crippen LogP contribution in [0, 0.1) is 12.8 Å². The Morgan fingerprint density at radius 2 is 2.10 bits per heavy atom. The molecule has 1 aromatic heterocycles. The minimum atomic E-state index is -0.0908. The number of piperidine rings is 1. The highest BCUT2D eigenvalue weighted by Gasteiger charge is 2.30. The highest BCUT2D eigenvalue weighted by Crippen LogP contribution is 2.26. The van der Waals surface area contributed by atoms with Gasteiger partial charge in [-0.15, -0.1) is 0 Å². The van der Waals surface area contributed by atoms with Gasteiger partial charge in [-0.1, -0.05) is 11.8 Å². The first kappa shape index (κ1) is 13.7. The first-order valence-corrected chi connectivity index (χ1v) is 8.13. The fourth-order valence-corrected chi connectivity index (χ4v) is 3.86. The summed E-state index contributed by atoms with van der Waals surface area (Å²) in [6.07, 6.45) is 5.04. The molecule has 108 valence electrons. The second-order valence-electron chi connectivity index (χ2n) is 5.53. The summed E-state index contributed by atoms with van der Waals surface area (Å²) < 4.78 is 1.66. The van der Waals surface area contributed by atoms with Gasteiger partial charge in [0.1, 0.15) is 0 Å². The number of carbonyl (C=O) groups is 1. The lowest BCUT2D eigenvalue weighted by Crippen LogP contribution is -2.44. The number of rotatable bonds is 1. The van der Waals surface area contributed by atoms with E-state index in [4.69, 9.17) is 0 Å². The molecule has 1 atom stereocenters. The summed E-state index contributed by atoms with van der Waals surface area (Å²) in [5.74, 6) is 0.841. The Balaban J connectivity index is 1.79. The number of aryl methyl sites for hydroxylation is 1. The number of nitrogens with zero attached hydrogens (tertiary/aromatic N) is 3. The quantitative estimate of drug-likeness (QED) is 0.732. The Morgan fingerprint density at radius 1 is 1.35 bits per heavy atom. The van der Waals surface area contributed by atoms with Crippen molar-refractivity contribution in [1.82, 2.24) is 14.5 Å². The number of carbonyl (C=O) groups excluding carboxylic acids is 1. The fourth-order valence-electron chi connectivity index (χ4n) is 2.82. The molecule has 6 heteroatoms. The molecule has 0 aromatic carbocycles. The molecule has 5 nitrogen and oxygen atoms in total. The Hall–Kier alpha value is -1.30. The molecule has 1 fully saturated rings. The van der Waals surface area contributed by atoms with Crippen molar-refractivity contribution in [3.05, 3.63) is 22.1 Å². The van der Waals surface area contributed by atoms with E-state index in [1.807, 2.05) is 4.90 Å². The molecule has 2 aliphatic heterocycles. The van der Waals surface area contributed by atoms with Crippen LogP contribution >= 0.6 is 11.8 Å². The number of thioether (sulfide) groups is 1. The zero-order chi connectivity index (χ0) is 14.1. The molecule has 0 radical (unpaired) electrons. The molecular formula is C14H19N3O2S. The van der Waals surface area contributed by atoms with E-state index in [1.54, 1.807) is 17.7 Å². The molecule has 3 heterocycles. The van der Waals surface area contributed by atoms with E-state index in [0.29, 0.717) is 12.1 Å². The van der Waals surface area contributed by atoms with Crippen LogP contribution in [0.4, 0.5) is 0 Å². The van der Waals surface area contributed by atoms with E-state index in [1.165, 1.54) is 18.2 Å². The summed E-state index contributed by atoms with van der Waals surface area (Å²) in [5.41, 5.74) is 0.624. The van der Waals surface area contributed by atoms with Crippen LogP contribution in [0.3, 0.4) is 0 Å². The van der Waals surface area contributed by atoms with E-state index in [-0.39, 0.29) is 17.4 Å². The van der Waals surface area contributed by atoms with Crippen molar-refractivity contribution in [1.29, 1.82) is 0 Å². The third-order valence-electron chi connectivity index (χ3n) is 4.02. The molecule has 0 aliphatic carbocycles. The van der Waals surface area contributed by atoms with Crippen LogP contribution in [0.2, 0.25) is 0 Å². The summed E-state index contributed by atoms with van der Waals surface area (Å²) in [7, 11) is 0. The first-order chi connectivity index (χ1) is 9.66. The predicted octanol–water partition coefficient (Wildman–Crippen LogP) is 1.29. The predicted molar refractivity (Wildman–Crippen MR) is 77.9 cm³/mol. The molecule has 0 saturated carbocycles. The Kier molecular flexibility index (Phi) is 3.83. The van der Waals surface area contributed by atoms with Gasteiger partial charge in [-0.05, 0) is 26.2 Å². The van der Waals surface area contributed by atoms with Gasteiger partial charge in [0.15, 0.2) is 5.16 Å². The number of likely N-dealkylation sites (tertiary alicyclic amines) is 1. The van der Waals surface area contributed by atoms with Crippen molar-refractivity contribution >= 4 is 17.7 Å². The summed E-state index contributed by atoms with van der Waals surface area (Å²) in [5, 5.41) is 0.739. The lowest BCUT2D eigenvalue weighted by molar-refractivity contribution is -0.136. The number of amides is 1. The summed E-state index contributed by atoms with van der Waals surface area (Å²) in [6, 6.07) is 0. The average Bonchev–Trinajstić information content (AvgIpc) is 2.51. The minimum absolute atomic E-state index is 0.0151. The van der Waals surface area contributed by atoms with Gasteiger partial charge >= 0.3 is 0 Å². The molecule has 1 aromatic rings. The van der Waals surface area contributed by atoms with E-state index in [0.717, 1.165) is 36.8 Å². The topological polar surface area (TPSA) is 55.2 Å². The molecule has 0 N–H and O–H groups in total. The van der Waals surface area contributed by atoms with Crippen LogP contribution in [0.5, 0.6) is 0 Å². The molecular weight excluding hydrogens is 274 g/mol. The molecule has 1 saturated heterocycles. The zero-order valence-electron chi connectivity index (χ0n) is 11.7. The summed E-state index contributed by atoms with van der Waals surface area (Å²) >= 11 is 1.52. The van der Waals surface area contributed by atoms with Crippen molar-refractivity contribution in [3.63, 3.8) is 0 Å². The highest BCUT2D eigenvalue weighted by atomic mass is 32.2. The molecule has 3 rings (SSSR count). The van der Waals surface area contributed by atoms with Gasteiger partial charge in [-0.25, -0.2) is 4.98 Å². The molecule has 0 spiro atoms. The maximum absolute atomic E-state index is 12.5. The molecule has 0 unspecified atom stereocenters. The van der Waals surface area contributed by atoms with E-state index in [2.05, 4.69) is 4.98 Å². The van der Waals surface area contributed by atoms with Crippen molar-refractivity contribution in [2.75, 3.05) is 18.8 Å². The molecule has 20 heavy (non-hydrogen) atoms. The Bertz CT molecular complexity index is 578. The van der Waals surface area contributed by atoms with Gasteiger partial charge in [0, 0.05) is 37.1 Å². The lowest BCUT2D eigenvalue weighted by Gasteiger charge is -2.32. The van der Waals surface area contributed by atoms with Gasteiger partial charge in [-0.2, -0.15) is 0 Å². The second kappa shape index (κ2) is 5.60. The summed E-state index contributed by atoms with van der Waals surface area (Å²) in [4.78, 5) is 30.9. The van der Waals surface area contributed by atoms with Crippen LogP contribution in [-0.2, 0) is 11.3 Å². The summed E-state index contributed by atoms with van der Waals surface area (Å²) in [6.45, 7) is 3.98. The van der Waals surface area contributed by atoms with Crippen LogP contribution in [0.25, 0.3) is 0 Å². The van der Waals surface area contributed by atoms with Gasteiger partial charge in [0.2, 0.25) is 5.91 Å². The maximum atomic E-state index is 12.5. The maximum Gasteiger partial charge on any atom is 0.257 e. The minimum Gasteiger partial charge on any atom is -0.342 e. The van der Waals surface area contributed by atoms with Crippen LogP contribution in [-0.4, -0.2) is 39.2 Å². The number of aromatic nitrogens is 2. The largest absolute Gasteiger partial charge is 0.342 e. The number of hydrogen-bond donors (Lipinski definition) is 0. The second-order valence-corrected chi connectivity index (χ2v) is 6.52. The van der Waals surface area contributed by atoms with Crippen molar-refractivity contribution < 1.29 is 4.79 Å².